The average molecular weight is 281 g/mol. The first-order valence-electron chi connectivity index (χ1n) is 5.84. The van der Waals surface area contributed by atoms with E-state index in [1.54, 1.807) is 11.6 Å². The first-order valence-corrected chi connectivity index (χ1v) is 5.84. The van der Waals surface area contributed by atoms with Crippen LogP contribution in [0.25, 0.3) is 0 Å². The van der Waals surface area contributed by atoms with Gasteiger partial charge in [-0.1, -0.05) is 0 Å². The van der Waals surface area contributed by atoms with Crippen LogP contribution in [0.5, 0.6) is 0 Å². The number of halogens is 2. The second-order valence-corrected chi connectivity index (χ2v) is 4.22. The molecule has 0 aliphatic rings. The molecule has 8 heteroatoms. The van der Waals surface area contributed by atoms with Crippen molar-refractivity contribution in [2.45, 2.75) is 6.42 Å². The predicted molar refractivity (Wildman–Crippen MR) is 67.8 cm³/mol. The van der Waals surface area contributed by atoms with Gasteiger partial charge in [0.05, 0.1) is 11.3 Å². The average Bonchev–Trinajstić information content (AvgIpc) is 2.79. The molecule has 0 fully saturated rings. The summed E-state index contributed by atoms with van der Waals surface area (Å²) >= 11 is 0. The minimum absolute atomic E-state index is 0.252. The number of aryl methyl sites for hydroxylation is 1. The Morgan fingerprint density at radius 3 is 2.80 bits per heavy atom. The van der Waals surface area contributed by atoms with Gasteiger partial charge in [-0.15, -0.1) is 10.2 Å². The van der Waals surface area contributed by atoms with Gasteiger partial charge in [-0.3, -0.25) is 4.79 Å². The van der Waals surface area contributed by atoms with Gasteiger partial charge in [0.2, 0.25) is 0 Å². The lowest BCUT2D eigenvalue weighted by atomic mass is 10.1. The largest absolute Gasteiger partial charge is 0.396 e. The zero-order valence-corrected chi connectivity index (χ0v) is 10.7. The van der Waals surface area contributed by atoms with Crippen LogP contribution >= 0.6 is 0 Å². The normalized spacial score (nSPS) is 10.6. The summed E-state index contributed by atoms with van der Waals surface area (Å²) in [5.41, 5.74) is 4.75. The van der Waals surface area contributed by atoms with E-state index in [-0.39, 0.29) is 17.8 Å². The summed E-state index contributed by atoms with van der Waals surface area (Å²) in [4.78, 5) is 11.8. The van der Waals surface area contributed by atoms with Gasteiger partial charge in [0, 0.05) is 26.1 Å². The molecule has 1 heterocycles. The van der Waals surface area contributed by atoms with Crippen LogP contribution in [0.3, 0.4) is 0 Å². The van der Waals surface area contributed by atoms with E-state index < -0.39 is 17.5 Å². The van der Waals surface area contributed by atoms with E-state index in [0.29, 0.717) is 18.3 Å². The fraction of sp³-hybridized carbons (Fsp3) is 0.250. The van der Waals surface area contributed by atoms with Crippen molar-refractivity contribution < 1.29 is 13.6 Å². The topological polar surface area (TPSA) is 85.8 Å². The fourth-order valence-corrected chi connectivity index (χ4v) is 1.66. The number of rotatable bonds is 4. The Kier molecular flexibility index (Phi) is 3.92. The van der Waals surface area contributed by atoms with Gasteiger partial charge in [0.1, 0.15) is 23.8 Å². The molecule has 0 spiro atoms. The number of aromatic nitrogens is 3. The number of nitrogens with zero attached hydrogens (tertiary/aromatic N) is 3. The quantitative estimate of drug-likeness (QED) is 0.806. The number of hydrogen-bond acceptors (Lipinski definition) is 4. The van der Waals surface area contributed by atoms with Crippen molar-refractivity contribution in [2.75, 3.05) is 12.3 Å². The summed E-state index contributed by atoms with van der Waals surface area (Å²) in [6, 6.07) is 1.56. The molecule has 1 aromatic carbocycles. The Hall–Kier alpha value is -2.51. The van der Waals surface area contributed by atoms with E-state index in [0.717, 1.165) is 6.07 Å². The number of nitrogens with two attached hydrogens (primary N) is 1. The van der Waals surface area contributed by atoms with Gasteiger partial charge in [0.25, 0.3) is 5.91 Å². The van der Waals surface area contributed by atoms with Gasteiger partial charge in [-0.25, -0.2) is 8.78 Å². The fourth-order valence-electron chi connectivity index (χ4n) is 1.66. The van der Waals surface area contributed by atoms with Crippen LogP contribution in [-0.2, 0) is 13.5 Å². The second-order valence-electron chi connectivity index (χ2n) is 4.22. The number of anilines is 1. The third-order valence-electron chi connectivity index (χ3n) is 2.77. The lowest BCUT2D eigenvalue weighted by molar-refractivity contribution is 0.0950. The third-order valence-corrected chi connectivity index (χ3v) is 2.77. The number of carbonyl (C=O) groups excluding carboxylic acids is 1. The van der Waals surface area contributed by atoms with E-state index >= 15 is 0 Å². The van der Waals surface area contributed by atoms with Gasteiger partial charge in [0.15, 0.2) is 0 Å². The molecule has 1 amide bonds. The molecule has 0 aliphatic carbocycles. The molecule has 0 saturated carbocycles. The minimum Gasteiger partial charge on any atom is -0.396 e. The molecule has 0 saturated heterocycles. The number of carbonyl (C=O) groups is 1. The van der Waals surface area contributed by atoms with Crippen LogP contribution in [-0.4, -0.2) is 27.2 Å². The lowest BCUT2D eigenvalue weighted by Crippen LogP contribution is -2.27. The molecule has 6 nitrogen and oxygen atoms in total. The highest BCUT2D eigenvalue weighted by Crippen LogP contribution is 2.16. The first-order chi connectivity index (χ1) is 9.49. The Morgan fingerprint density at radius 2 is 2.15 bits per heavy atom. The molecule has 106 valence electrons. The second kappa shape index (κ2) is 5.64. The van der Waals surface area contributed by atoms with Crippen LogP contribution < -0.4 is 11.1 Å². The highest BCUT2D eigenvalue weighted by molar-refractivity contribution is 5.95. The standard InChI is InChI=1S/C12H13F2N5O/c1-19-6-17-18-11(19)2-3-16-12(20)7-4-10(15)9(14)5-8(7)13/h4-6H,2-3,15H2,1H3,(H,16,20). The number of amides is 1. The molecular weight excluding hydrogens is 268 g/mol. The SMILES string of the molecule is Cn1cnnc1CCNC(=O)c1cc(N)c(F)cc1F. The maximum Gasteiger partial charge on any atom is 0.254 e. The Morgan fingerprint density at radius 1 is 1.40 bits per heavy atom. The Labute approximate surface area is 113 Å². The molecule has 3 N–H and O–H groups in total. The molecular formula is C12H13F2N5O. The number of hydrogen-bond donors (Lipinski definition) is 2. The Balaban J connectivity index is 1.99. The van der Waals surface area contributed by atoms with Crippen LogP contribution in [0.15, 0.2) is 18.5 Å². The zero-order chi connectivity index (χ0) is 14.7. The molecule has 0 atom stereocenters. The maximum absolute atomic E-state index is 13.5. The van der Waals surface area contributed by atoms with Crippen molar-refractivity contribution in [3.05, 3.63) is 41.5 Å². The highest BCUT2D eigenvalue weighted by Gasteiger charge is 2.14. The van der Waals surface area contributed by atoms with E-state index in [9.17, 15) is 13.6 Å². The lowest BCUT2D eigenvalue weighted by Gasteiger charge is -2.07. The van der Waals surface area contributed by atoms with Crippen molar-refractivity contribution in [1.82, 2.24) is 20.1 Å². The van der Waals surface area contributed by atoms with Gasteiger partial charge in [-0.2, -0.15) is 0 Å². The van der Waals surface area contributed by atoms with E-state index in [4.69, 9.17) is 5.73 Å². The minimum atomic E-state index is -0.951. The molecule has 0 aliphatic heterocycles. The van der Waals surface area contributed by atoms with Crippen molar-refractivity contribution >= 4 is 11.6 Å². The Bertz CT molecular complexity index is 641. The van der Waals surface area contributed by atoms with E-state index in [1.165, 1.54) is 6.33 Å². The summed E-state index contributed by atoms with van der Waals surface area (Å²) in [7, 11) is 1.78. The third kappa shape index (κ3) is 2.90. The van der Waals surface area contributed by atoms with E-state index in [1.807, 2.05) is 0 Å². The number of benzene rings is 1. The van der Waals surface area contributed by atoms with Gasteiger partial charge in [-0.05, 0) is 6.07 Å². The molecule has 0 bridgehead atoms. The van der Waals surface area contributed by atoms with Crippen LogP contribution in [0.2, 0.25) is 0 Å². The van der Waals surface area contributed by atoms with Crippen molar-refractivity contribution in [1.29, 1.82) is 0 Å². The molecule has 20 heavy (non-hydrogen) atoms. The predicted octanol–water partition coefficient (Wildman–Crippen LogP) is 0.648. The van der Waals surface area contributed by atoms with Crippen LogP contribution in [0.1, 0.15) is 16.2 Å². The number of nitrogen functional groups attached to an aromatic ring is 1. The van der Waals surface area contributed by atoms with Crippen LogP contribution in [0, 0.1) is 11.6 Å². The first kappa shape index (κ1) is 13.9. The van der Waals surface area contributed by atoms with Crippen molar-refractivity contribution in [3.8, 4) is 0 Å². The molecule has 2 aromatic rings. The summed E-state index contributed by atoms with van der Waals surface area (Å²) < 4.78 is 28.2. The summed E-state index contributed by atoms with van der Waals surface area (Å²) in [5.74, 6) is -1.81. The van der Waals surface area contributed by atoms with Crippen molar-refractivity contribution in [3.63, 3.8) is 0 Å². The number of nitrogens with one attached hydrogen (secondary N) is 1. The van der Waals surface area contributed by atoms with E-state index in [2.05, 4.69) is 15.5 Å². The van der Waals surface area contributed by atoms with Crippen molar-refractivity contribution in [2.24, 2.45) is 7.05 Å². The monoisotopic (exact) mass is 281 g/mol. The highest BCUT2D eigenvalue weighted by atomic mass is 19.1. The molecule has 0 radical (unpaired) electrons. The van der Waals surface area contributed by atoms with Gasteiger partial charge < -0.3 is 15.6 Å². The molecule has 0 unspecified atom stereocenters. The van der Waals surface area contributed by atoms with Crippen LogP contribution in [0.4, 0.5) is 14.5 Å². The molecule has 1 aromatic heterocycles. The summed E-state index contributed by atoms with van der Waals surface area (Å²) in [6.45, 7) is 0.252. The molecule has 2 rings (SSSR count). The smallest absolute Gasteiger partial charge is 0.254 e. The van der Waals surface area contributed by atoms with Gasteiger partial charge >= 0.3 is 0 Å². The summed E-state index contributed by atoms with van der Waals surface area (Å²) in [6.07, 6.45) is 1.98. The summed E-state index contributed by atoms with van der Waals surface area (Å²) in [5, 5.41) is 10.1. The zero-order valence-electron chi connectivity index (χ0n) is 10.7. The maximum atomic E-state index is 13.5.